The summed E-state index contributed by atoms with van der Waals surface area (Å²) in [5.41, 5.74) is -1.22. The third-order valence-corrected chi connectivity index (χ3v) is 4.83. The predicted molar refractivity (Wildman–Crippen MR) is 77.0 cm³/mol. The van der Waals surface area contributed by atoms with Gasteiger partial charge < -0.3 is 0 Å². The summed E-state index contributed by atoms with van der Waals surface area (Å²) >= 11 is 1.17. The molecule has 0 bridgehead atoms. The summed E-state index contributed by atoms with van der Waals surface area (Å²) in [4.78, 5) is 27.9. The summed E-state index contributed by atoms with van der Waals surface area (Å²) in [6.45, 7) is -0.000250. The zero-order valence-electron chi connectivity index (χ0n) is 12.4. The zero-order valence-corrected chi connectivity index (χ0v) is 13.2. The Bertz CT molecular complexity index is 653. The summed E-state index contributed by atoms with van der Waals surface area (Å²) in [5, 5.41) is 0.295. The minimum absolute atomic E-state index is 0.000250. The Labute approximate surface area is 129 Å². The third kappa shape index (κ3) is 3.56. The highest BCUT2D eigenvalue weighted by atomic mass is 32.2. The minimum atomic E-state index is -4.21. The molecule has 0 amide bonds. The van der Waals surface area contributed by atoms with E-state index in [1.165, 1.54) is 23.4 Å². The van der Waals surface area contributed by atoms with Gasteiger partial charge >= 0.3 is 17.6 Å². The molecule has 1 heterocycles. The molecule has 1 fully saturated rings. The van der Waals surface area contributed by atoms with Gasteiger partial charge in [0, 0.05) is 13.6 Å². The van der Waals surface area contributed by atoms with E-state index in [1.807, 2.05) is 0 Å². The molecule has 1 aliphatic carbocycles. The van der Waals surface area contributed by atoms with Gasteiger partial charge in [-0.3, -0.25) is 4.57 Å². The minimum Gasteiger partial charge on any atom is -0.275 e. The first kappa shape index (κ1) is 17.1. The molecule has 1 aromatic rings. The monoisotopic (exact) mass is 337 g/mol. The summed E-state index contributed by atoms with van der Waals surface area (Å²) in [6.07, 6.45) is -1.39. The van der Waals surface area contributed by atoms with Crippen molar-refractivity contribution in [1.82, 2.24) is 14.1 Å². The Morgan fingerprint density at radius 1 is 1.32 bits per heavy atom. The molecule has 1 aromatic heterocycles. The van der Waals surface area contributed by atoms with Crippen molar-refractivity contribution < 1.29 is 13.2 Å². The number of thioether (sulfide) groups is 1. The van der Waals surface area contributed by atoms with Gasteiger partial charge in [0.1, 0.15) is 0 Å². The van der Waals surface area contributed by atoms with Gasteiger partial charge in [-0.25, -0.2) is 14.2 Å². The molecule has 2 atom stereocenters. The van der Waals surface area contributed by atoms with Crippen LogP contribution in [-0.2, 0) is 13.6 Å². The number of rotatable bonds is 3. The lowest BCUT2D eigenvalue weighted by molar-refractivity contribution is -0.186. The van der Waals surface area contributed by atoms with Gasteiger partial charge in [-0.05, 0) is 31.4 Å². The molecule has 2 unspecified atom stereocenters. The van der Waals surface area contributed by atoms with E-state index in [0.29, 0.717) is 18.0 Å². The molecule has 124 valence electrons. The van der Waals surface area contributed by atoms with Gasteiger partial charge in [0.2, 0.25) is 0 Å². The average Bonchev–Trinajstić information content (AvgIpc) is 2.47. The number of halogens is 3. The molecule has 0 spiro atoms. The van der Waals surface area contributed by atoms with Crippen LogP contribution in [-0.4, -0.2) is 26.6 Å². The Balaban J connectivity index is 2.23. The standard InChI is InChI=1S/C13H18F3N3O2S/c1-18-11(22-2)17-10(20)19(12(18)21)7-8-4-3-5-9(6-8)13(14,15)16/h8-9H,3-7H2,1-2H3. The number of alkyl halides is 3. The second kappa shape index (κ2) is 6.47. The van der Waals surface area contributed by atoms with E-state index < -0.39 is 23.5 Å². The summed E-state index contributed by atoms with van der Waals surface area (Å²) < 4.78 is 40.7. The topological polar surface area (TPSA) is 56.9 Å². The molecule has 22 heavy (non-hydrogen) atoms. The van der Waals surface area contributed by atoms with Crippen LogP contribution in [0.1, 0.15) is 25.7 Å². The lowest BCUT2D eigenvalue weighted by atomic mass is 9.81. The van der Waals surface area contributed by atoms with Gasteiger partial charge in [-0.1, -0.05) is 18.2 Å². The van der Waals surface area contributed by atoms with E-state index in [0.717, 1.165) is 4.57 Å². The quantitative estimate of drug-likeness (QED) is 0.792. The van der Waals surface area contributed by atoms with Crippen LogP contribution in [0, 0.1) is 11.8 Å². The van der Waals surface area contributed by atoms with Crippen LogP contribution in [0.3, 0.4) is 0 Å². The fourth-order valence-electron chi connectivity index (χ4n) is 2.91. The van der Waals surface area contributed by atoms with E-state index in [4.69, 9.17) is 0 Å². The molecule has 9 heteroatoms. The highest BCUT2D eigenvalue weighted by Gasteiger charge is 2.42. The normalized spacial score (nSPS) is 22.8. The van der Waals surface area contributed by atoms with E-state index in [1.54, 1.807) is 6.26 Å². The van der Waals surface area contributed by atoms with Crippen molar-refractivity contribution in [2.24, 2.45) is 18.9 Å². The van der Waals surface area contributed by atoms with Crippen LogP contribution >= 0.6 is 11.8 Å². The van der Waals surface area contributed by atoms with Crippen molar-refractivity contribution in [3.63, 3.8) is 0 Å². The fourth-order valence-corrected chi connectivity index (χ4v) is 3.43. The van der Waals surface area contributed by atoms with Gasteiger partial charge in [0.05, 0.1) is 5.92 Å². The lowest BCUT2D eigenvalue weighted by Gasteiger charge is -2.30. The van der Waals surface area contributed by atoms with Gasteiger partial charge in [0.15, 0.2) is 5.16 Å². The predicted octanol–water partition coefficient (Wildman–Crippen LogP) is 2.03. The highest BCUT2D eigenvalue weighted by molar-refractivity contribution is 7.98. The van der Waals surface area contributed by atoms with Crippen molar-refractivity contribution in [3.8, 4) is 0 Å². The molecule has 2 rings (SSSR count). The highest BCUT2D eigenvalue weighted by Crippen LogP contribution is 2.40. The maximum absolute atomic E-state index is 12.8. The molecule has 1 aliphatic rings. The Morgan fingerprint density at radius 3 is 2.59 bits per heavy atom. The fraction of sp³-hybridized carbons (Fsp3) is 0.769. The molecule has 0 radical (unpaired) electrons. The van der Waals surface area contributed by atoms with Crippen molar-refractivity contribution >= 4 is 11.8 Å². The molecular formula is C13H18F3N3O2S. The van der Waals surface area contributed by atoms with Crippen molar-refractivity contribution in [2.45, 2.75) is 43.6 Å². The number of hydrogen-bond acceptors (Lipinski definition) is 4. The third-order valence-electron chi connectivity index (χ3n) is 4.10. The van der Waals surface area contributed by atoms with Crippen LogP contribution in [0.2, 0.25) is 0 Å². The second-order valence-corrected chi connectivity index (χ2v) is 6.38. The number of aromatic nitrogens is 3. The first-order chi connectivity index (χ1) is 10.2. The van der Waals surface area contributed by atoms with Gasteiger partial charge in [-0.15, -0.1) is 0 Å². The lowest BCUT2D eigenvalue weighted by Crippen LogP contribution is -2.43. The molecule has 0 aliphatic heterocycles. The summed E-state index contributed by atoms with van der Waals surface area (Å²) in [6, 6.07) is 0. The Kier molecular flexibility index (Phi) is 5.03. The van der Waals surface area contributed by atoms with Crippen LogP contribution in [0.4, 0.5) is 13.2 Å². The smallest absolute Gasteiger partial charge is 0.275 e. The van der Waals surface area contributed by atoms with Crippen LogP contribution in [0.5, 0.6) is 0 Å². The number of hydrogen-bond donors (Lipinski definition) is 0. The first-order valence-corrected chi connectivity index (χ1v) is 8.25. The van der Waals surface area contributed by atoms with Gasteiger partial charge in [0.25, 0.3) is 0 Å². The van der Waals surface area contributed by atoms with E-state index in [9.17, 15) is 22.8 Å². The van der Waals surface area contributed by atoms with Crippen LogP contribution in [0.15, 0.2) is 14.7 Å². The maximum Gasteiger partial charge on any atom is 0.391 e. The molecule has 0 N–H and O–H groups in total. The molecule has 5 nitrogen and oxygen atoms in total. The Morgan fingerprint density at radius 2 is 2.00 bits per heavy atom. The van der Waals surface area contributed by atoms with Crippen LogP contribution in [0.25, 0.3) is 0 Å². The molecule has 0 aromatic carbocycles. The number of nitrogens with zero attached hydrogens (tertiary/aromatic N) is 3. The summed E-state index contributed by atoms with van der Waals surface area (Å²) in [5.74, 6) is -1.67. The van der Waals surface area contributed by atoms with E-state index in [-0.39, 0.29) is 25.3 Å². The second-order valence-electron chi connectivity index (χ2n) is 5.60. The largest absolute Gasteiger partial charge is 0.391 e. The maximum atomic E-state index is 12.8. The molecular weight excluding hydrogens is 319 g/mol. The van der Waals surface area contributed by atoms with Crippen LogP contribution < -0.4 is 11.4 Å². The zero-order chi connectivity index (χ0) is 16.5. The SMILES string of the molecule is CSc1nc(=O)n(CC2CCCC(C(F)(F)F)C2)c(=O)n1C. The van der Waals surface area contributed by atoms with Crippen molar-refractivity contribution in [2.75, 3.05) is 6.26 Å². The van der Waals surface area contributed by atoms with Gasteiger partial charge in [-0.2, -0.15) is 18.2 Å². The molecule has 0 saturated heterocycles. The average molecular weight is 337 g/mol. The first-order valence-electron chi connectivity index (χ1n) is 7.02. The van der Waals surface area contributed by atoms with E-state index in [2.05, 4.69) is 4.98 Å². The van der Waals surface area contributed by atoms with Crippen molar-refractivity contribution in [1.29, 1.82) is 0 Å². The summed E-state index contributed by atoms with van der Waals surface area (Å²) in [7, 11) is 1.50. The van der Waals surface area contributed by atoms with Crippen molar-refractivity contribution in [3.05, 3.63) is 21.0 Å². The van der Waals surface area contributed by atoms with E-state index >= 15 is 0 Å². The molecule has 1 saturated carbocycles. The Hall–Kier alpha value is -1.25.